The second-order valence-corrected chi connectivity index (χ2v) is 14.8. The zero-order valence-electron chi connectivity index (χ0n) is 28.3. The third-order valence-electron chi connectivity index (χ3n) is 10.8. The largest absolute Gasteiger partial charge is 0.456 e. The van der Waals surface area contributed by atoms with Crippen LogP contribution in [-0.2, 0) is 0 Å². The van der Waals surface area contributed by atoms with Gasteiger partial charge in [0, 0.05) is 71.3 Å². The topological polar surface area (TPSA) is 34.5 Å². The molecule has 4 nitrogen and oxygen atoms in total. The second kappa shape index (κ2) is 10.9. The molecule has 0 unspecified atom stereocenters. The predicted molar refractivity (Wildman–Crippen MR) is 220 cm³/mol. The van der Waals surface area contributed by atoms with Crippen LogP contribution in [0, 0.1) is 0 Å². The number of nitrogens with zero attached hydrogens (tertiary/aromatic N) is 2. The fourth-order valence-corrected chi connectivity index (χ4v) is 9.49. The molecule has 11 aromatic rings. The first-order valence-corrected chi connectivity index (χ1v) is 18.6. The SMILES string of the molecule is c1ccc2c(c1)oc1cc(N(c3ccc(-c4ccc5c(c4)Sc4cccc6c7ccccc7n-5c46)cc3)c3ccc4c(c3)oc3ccccc34)ccc12. The highest BCUT2D eigenvalue weighted by Crippen LogP contribution is 2.48. The van der Waals surface area contributed by atoms with Gasteiger partial charge in [0.05, 0.1) is 16.7 Å². The maximum atomic E-state index is 6.36. The van der Waals surface area contributed by atoms with E-state index in [-0.39, 0.29) is 0 Å². The molecule has 248 valence electrons. The van der Waals surface area contributed by atoms with E-state index in [1.165, 1.54) is 48.4 Å². The van der Waals surface area contributed by atoms with Crippen molar-refractivity contribution in [3.05, 3.63) is 170 Å². The lowest BCUT2D eigenvalue weighted by atomic mass is 10.0. The van der Waals surface area contributed by atoms with Crippen LogP contribution < -0.4 is 4.90 Å². The highest BCUT2D eigenvalue weighted by Gasteiger charge is 2.23. The summed E-state index contributed by atoms with van der Waals surface area (Å²) in [6.45, 7) is 0. The third kappa shape index (κ3) is 4.26. The fourth-order valence-electron chi connectivity index (χ4n) is 8.36. The highest BCUT2D eigenvalue weighted by atomic mass is 32.2. The number of fused-ring (bicyclic) bond motifs is 11. The summed E-state index contributed by atoms with van der Waals surface area (Å²) in [5.74, 6) is 0. The molecule has 53 heavy (non-hydrogen) atoms. The molecule has 0 N–H and O–H groups in total. The number of furan rings is 2. The van der Waals surface area contributed by atoms with Gasteiger partial charge in [0.15, 0.2) is 0 Å². The van der Waals surface area contributed by atoms with Crippen molar-refractivity contribution in [1.29, 1.82) is 0 Å². The number of hydrogen-bond acceptors (Lipinski definition) is 4. The van der Waals surface area contributed by atoms with Crippen LogP contribution in [0.25, 0.3) is 82.5 Å². The number of aromatic nitrogens is 1. The van der Waals surface area contributed by atoms with Crippen molar-refractivity contribution in [2.75, 3.05) is 4.90 Å². The molecule has 1 aliphatic rings. The van der Waals surface area contributed by atoms with E-state index in [1.807, 2.05) is 36.0 Å². The van der Waals surface area contributed by atoms with Crippen LogP contribution in [-0.4, -0.2) is 4.57 Å². The molecule has 0 saturated carbocycles. The Balaban J connectivity index is 0.974. The number of hydrogen-bond donors (Lipinski definition) is 0. The Kier molecular flexibility index (Phi) is 5.96. The molecule has 0 bridgehead atoms. The van der Waals surface area contributed by atoms with Crippen molar-refractivity contribution in [3.8, 4) is 16.8 Å². The van der Waals surface area contributed by atoms with Crippen LogP contribution in [0.4, 0.5) is 17.1 Å². The second-order valence-electron chi connectivity index (χ2n) is 13.7. The smallest absolute Gasteiger partial charge is 0.137 e. The summed E-state index contributed by atoms with van der Waals surface area (Å²) in [6.07, 6.45) is 0. The Morgan fingerprint density at radius 2 is 0.962 bits per heavy atom. The summed E-state index contributed by atoms with van der Waals surface area (Å²) in [4.78, 5) is 4.83. The van der Waals surface area contributed by atoms with Crippen molar-refractivity contribution in [2.45, 2.75) is 9.79 Å². The van der Waals surface area contributed by atoms with E-state index in [9.17, 15) is 0 Å². The van der Waals surface area contributed by atoms with Crippen LogP contribution in [0.5, 0.6) is 0 Å². The zero-order valence-corrected chi connectivity index (χ0v) is 29.1. The van der Waals surface area contributed by atoms with Gasteiger partial charge in [0.1, 0.15) is 22.3 Å². The molecule has 0 fully saturated rings. The first-order valence-electron chi connectivity index (χ1n) is 17.8. The van der Waals surface area contributed by atoms with E-state index in [2.05, 4.69) is 155 Å². The Morgan fingerprint density at radius 1 is 0.396 bits per heavy atom. The predicted octanol–water partition coefficient (Wildman–Crippen LogP) is 14.2. The summed E-state index contributed by atoms with van der Waals surface area (Å²) in [7, 11) is 0. The van der Waals surface area contributed by atoms with Gasteiger partial charge in [-0.1, -0.05) is 96.7 Å². The molecule has 5 heteroatoms. The zero-order chi connectivity index (χ0) is 34.6. The molecule has 8 aromatic carbocycles. The summed E-state index contributed by atoms with van der Waals surface area (Å²) < 4.78 is 15.2. The van der Waals surface area contributed by atoms with Crippen molar-refractivity contribution in [3.63, 3.8) is 0 Å². The van der Waals surface area contributed by atoms with Crippen molar-refractivity contribution >= 4 is 94.5 Å². The third-order valence-corrected chi connectivity index (χ3v) is 11.9. The van der Waals surface area contributed by atoms with Gasteiger partial charge in [-0.2, -0.15) is 0 Å². The quantitative estimate of drug-likeness (QED) is 0.183. The molecule has 1 aliphatic heterocycles. The van der Waals surface area contributed by atoms with Gasteiger partial charge < -0.3 is 18.3 Å². The normalized spacial score (nSPS) is 12.5. The van der Waals surface area contributed by atoms with Gasteiger partial charge in [0.25, 0.3) is 0 Å². The molecule has 12 rings (SSSR count). The first kappa shape index (κ1) is 28.9. The number of rotatable bonds is 4. The molecule has 0 saturated heterocycles. The van der Waals surface area contributed by atoms with Gasteiger partial charge in [-0.3, -0.25) is 0 Å². The minimum Gasteiger partial charge on any atom is -0.456 e. The average Bonchev–Trinajstić information content (AvgIpc) is 3.88. The van der Waals surface area contributed by atoms with Gasteiger partial charge in [-0.25, -0.2) is 0 Å². The van der Waals surface area contributed by atoms with Crippen LogP contribution >= 0.6 is 11.8 Å². The summed E-state index contributed by atoms with van der Waals surface area (Å²) >= 11 is 1.86. The molecule has 4 heterocycles. The van der Waals surface area contributed by atoms with Gasteiger partial charge >= 0.3 is 0 Å². The molecule has 3 aromatic heterocycles. The van der Waals surface area contributed by atoms with Crippen molar-refractivity contribution in [2.24, 2.45) is 0 Å². The molecular formula is C48H28N2O2S. The summed E-state index contributed by atoms with van der Waals surface area (Å²) in [6, 6.07) is 60.6. The van der Waals surface area contributed by atoms with E-state index in [1.54, 1.807) is 0 Å². The van der Waals surface area contributed by atoms with Crippen LogP contribution in [0.1, 0.15) is 0 Å². The standard InChI is InChI=1S/C48H28N2O2S/c1-4-12-40-34(8-1)39-11-7-15-46-48(39)50(40)41-25-18-30(26-47(41)53-46)29-16-19-31(20-17-29)49(32-21-23-37-35-9-2-5-13-42(35)51-44(37)27-32)33-22-24-38-36-10-3-6-14-43(36)52-45(38)28-33/h1-28H. The van der Waals surface area contributed by atoms with Crippen molar-refractivity contribution < 1.29 is 8.83 Å². The summed E-state index contributed by atoms with van der Waals surface area (Å²) in [5, 5.41) is 7.05. The van der Waals surface area contributed by atoms with Gasteiger partial charge in [0.2, 0.25) is 0 Å². The maximum Gasteiger partial charge on any atom is 0.137 e. The molecule has 0 radical (unpaired) electrons. The monoisotopic (exact) mass is 696 g/mol. The molecule has 0 spiro atoms. The average molecular weight is 697 g/mol. The van der Waals surface area contributed by atoms with E-state index in [0.29, 0.717) is 0 Å². The number of benzene rings is 8. The molecule has 0 aliphatic carbocycles. The Hall–Kier alpha value is -6.69. The maximum absolute atomic E-state index is 6.36. The number of para-hydroxylation sites is 4. The van der Waals surface area contributed by atoms with Crippen LogP contribution in [0.3, 0.4) is 0 Å². The van der Waals surface area contributed by atoms with Crippen molar-refractivity contribution in [1.82, 2.24) is 4.57 Å². The lowest BCUT2D eigenvalue weighted by Crippen LogP contribution is -2.09. The van der Waals surface area contributed by atoms with E-state index in [4.69, 9.17) is 8.83 Å². The molecular weight excluding hydrogens is 669 g/mol. The molecule has 0 atom stereocenters. The number of anilines is 3. The Morgan fingerprint density at radius 3 is 1.66 bits per heavy atom. The fraction of sp³-hybridized carbons (Fsp3) is 0. The first-order chi connectivity index (χ1) is 26.2. The Bertz CT molecular complexity index is 3160. The van der Waals surface area contributed by atoms with E-state index in [0.717, 1.165) is 60.9 Å². The van der Waals surface area contributed by atoms with Gasteiger partial charge in [-0.05, 0) is 83.9 Å². The highest BCUT2D eigenvalue weighted by molar-refractivity contribution is 7.99. The minimum absolute atomic E-state index is 0.857. The van der Waals surface area contributed by atoms with Crippen LogP contribution in [0.15, 0.2) is 188 Å². The van der Waals surface area contributed by atoms with Crippen LogP contribution in [0.2, 0.25) is 0 Å². The lowest BCUT2D eigenvalue weighted by molar-refractivity contribution is 0.669. The van der Waals surface area contributed by atoms with Gasteiger partial charge in [-0.15, -0.1) is 0 Å². The molecule has 0 amide bonds. The van der Waals surface area contributed by atoms with E-state index >= 15 is 0 Å². The lowest BCUT2D eigenvalue weighted by Gasteiger charge is -2.26. The Labute approximate surface area is 308 Å². The van der Waals surface area contributed by atoms with E-state index < -0.39 is 0 Å². The minimum atomic E-state index is 0.857. The summed E-state index contributed by atoms with van der Waals surface area (Å²) in [5.41, 5.74) is 12.7.